The van der Waals surface area contributed by atoms with Crippen LogP contribution in [-0.4, -0.2) is 37.2 Å². The monoisotopic (exact) mass is 1010 g/mol. The molecule has 0 aliphatic carbocycles. The molecule has 1 unspecified atom stereocenters. The SMILES string of the molecule is CC/C=C\C/C=C\C/C=C\C/C=C\C/C=C\CCCCCCCC(=O)OCC(COC(=O)CCCCCCCCC/C=C\CCCCCCCC)OC(=O)CCCCCCCCC/C=C\C/C=C\CCCCC. The van der Waals surface area contributed by atoms with Gasteiger partial charge in [0.1, 0.15) is 13.2 Å². The molecule has 418 valence electrons. The number of rotatable bonds is 55. The summed E-state index contributed by atoms with van der Waals surface area (Å²) in [6, 6.07) is 0. The van der Waals surface area contributed by atoms with Crippen LogP contribution in [0.1, 0.15) is 290 Å². The molecule has 1 atom stereocenters. The minimum Gasteiger partial charge on any atom is -0.462 e. The lowest BCUT2D eigenvalue weighted by atomic mass is 10.1. The summed E-state index contributed by atoms with van der Waals surface area (Å²) in [4.78, 5) is 38.3. The molecule has 6 heteroatoms. The fourth-order valence-electron chi connectivity index (χ4n) is 8.44. The zero-order valence-corrected chi connectivity index (χ0v) is 47.9. The molecule has 0 aliphatic rings. The summed E-state index contributed by atoms with van der Waals surface area (Å²) in [6.45, 7) is 6.49. The van der Waals surface area contributed by atoms with Gasteiger partial charge in [0.2, 0.25) is 0 Å². The maximum Gasteiger partial charge on any atom is 0.306 e. The van der Waals surface area contributed by atoms with E-state index >= 15 is 0 Å². The number of allylic oxidation sites excluding steroid dienone is 16. The number of unbranched alkanes of at least 4 members (excludes halogenated alkanes) is 28. The molecule has 0 aromatic carbocycles. The Kier molecular flexibility index (Phi) is 57.8. The zero-order valence-electron chi connectivity index (χ0n) is 47.9. The second-order valence-corrected chi connectivity index (χ2v) is 20.2. The third-order valence-corrected chi connectivity index (χ3v) is 13.0. The first-order chi connectivity index (χ1) is 36.0. The Labute approximate surface area is 451 Å². The van der Waals surface area contributed by atoms with Gasteiger partial charge in [-0.25, -0.2) is 0 Å². The van der Waals surface area contributed by atoms with Gasteiger partial charge in [0.05, 0.1) is 0 Å². The fraction of sp³-hybridized carbons (Fsp3) is 0.716. The predicted molar refractivity (Wildman–Crippen MR) is 316 cm³/mol. The van der Waals surface area contributed by atoms with E-state index in [1.165, 1.54) is 128 Å². The fourth-order valence-corrected chi connectivity index (χ4v) is 8.44. The van der Waals surface area contributed by atoms with Crippen molar-refractivity contribution in [2.45, 2.75) is 297 Å². The first-order valence-electron chi connectivity index (χ1n) is 30.7. The van der Waals surface area contributed by atoms with E-state index in [9.17, 15) is 14.4 Å². The molecule has 0 saturated heterocycles. The van der Waals surface area contributed by atoms with Gasteiger partial charge in [-0.2, -0.15) is 0 Å². The molecular formula is C67H114O6. The molecule has 73 heavy (non-hydrogen) atoms. The standard InChI is InChI=1S/C67H114O6/c1-4-7-10-13-16-19-22-25-28-31-32-33-34-37-39-42-45-48-51-54-57-60-66(69)72-63-64(73-67(70)61-58-55-52-49-46-43-40-36-30-27-24-21-18-15-12-9-6-3)62-71-65(68)59-56-53-50-47-44-41-38-35-29-26-23-20-17-14-11-8-5-2/h7,10,16,18-19,21,25-30,32-33,37,39,64H,4-6,8-9,11-15,17,20,22-24,31,34-36,38,40-63H2,1-3H3/b10-7-,19-16-,21-18-,28-25-,29-26-,30-27-,33-32-,39-37-. The van der Waals surface area contributed by atoms with E-state index in [0.29, 0.717) is 19.3 Å². The van der Waals surface area contributed by atoms with E-state index in [1.807, 2.05) is 0 Å². The van der Waals surface area contributed by atoms with E-state index in [2.05, 4.69) is 118 Å². The molecule has 0 bridgehead atoms. The number of esters is 3. The Hall–Kier alpha value is -3.67. The number of carbonyl (C=O) groups excluding carboxylic acids is 3. The second-order valence-electron chi connectivity index (χ2n) is 20.2. The van der Waals surface area contributed by atoms with E-state index in [0.717, 1.165) is 122 Å². The third kappa shape index (κ3) is 59.1. The Balaban J connectivity index is 4.44. The van der Waals surface area contributed by atoms with Crippen molar-refractivity contribution in [2.24, 2.45) is 0 Å². The average molecular weight is 1020 g/mol. The lowest BCUT2D eigenvalue weighted by Gasteiger charge is -2.18. The van der Waals surface area contributed by atoms with Crippen LogP contribution in [0.3, 0.4) is 0 Å². The Morgan fingerprint density at radius 2 is 0.534 bits per heavy atom. The number of hydrogen-bond acceptors (Lipinski definition) is 6. The summed E-state index contributed by atoms with van der Waals surface area (Å²) in [5.41, 5.74) is 0. The number of ether oxygens (including phenoxy) is 3. The highest BCUT2D eigenvalue weighted by Gasteiger charge is 2.19. The highest BCUT2D eigenvalue weighted by Crippen LogP contribution is 2.15. The van der Waals surface area contributed by atoms with Gasteiger partial charge in [0, 0.05) is 19.3 Å². The molecule has 0 rings (SSSR count). The summed E-state index contributed by atoms with van der Waals surface area (Å²) < 4.78 is 16.9. The van der Waals surface area contributed by atoms with Crippen molar-refractivity contribution in [3.8, 4) is 0 Å². The predicted octanol–water partition coefficient (Wildman–Crippen LogP) is 20.9. The third-order valence-electron chi connectivity index (χ3n) is 13.0. The van der Waals surface area contributed by atoms with Gasteiger partial charge in [0.15, 0.2) is 6.10 Å². The van der Waals surface area contributed by atoms with Crippen LogP contribution in [0.2, 0.25) is 0 Å². The van der Waals surface area contributed by atoms with E-state index in [4.69, 9.17) is 14.2 Å². The van der Waals surface area contributed by atoms with Crippen molar-refractivity contribution in [1.29, 1.82) is 0 Å². The van der Waals surface area contributed by atoms with Gasteiger partial charge >= 0.3 is 17.9 Å². The summed E-state index contributed by atoms with van der Waals surface area (Å²) >= 11 is 0. The molecule has 0 heterocycles. The topological polar surface area (TPSA) is 78.9 Å². The minimum atomic E-state index is -0.794. The van der Waals surface area contributed by atoms with E-state index < -0.39 is 6.10 Å². The second kappa shape index (κ2) is 60.9. The van der Waals surface area contributed by atoms with Crippen molar-refractivity contribution >= 4 is 17.9 Å². The molecule has 0 spiro atoms. The van der Waals surface area contributed by atoms with Gasteiger partial charge in [-0.05, 0) is 122 Å². The zero-order chi connectivity index (χ0) is 52.9. The Bertz CT molecular complexity index is 1440. The number of carbonyl (C=O) groups is 3. The highest BCUT2D eigenvalue weighted by atomic mass is 16.6. The lowest BCUT2D eigenvalue weighted by Crippen LogP contribution is -2.30. The van der Waals surface area contributed by atoms with Crippen molar-refractivity contribution < 1.29 is 28.6 Å². The Morgan fingerprint density at radius 3 is 0.877 bits per heavy atom. The van der Waals surface area contributed by atoms with Crippen molar-refractivity contribution in [1.82, 2.24) is 0 Å². The van der Waals surface area contributed by atoms with E-state index in [-0.39, 0.29) is 31.1 Å². The molecule has 0 N–H and O–H groups in total. The largest absolute Gasteiger partial charge is 0.462 e. The molecule has 6 nitrogen and oxygen atoms in total. The molecule has 0 amide bonds. The maximum atomic E-state index is 12.9. The highest BCUT2D eigenvalue weighted by molar-refractivity contribution is 5.71. The van der Waals surface area contributed by atoms with Crippen molar-refractivity contribution in [3.63, 3.8) is 0 Å². The van der Waals surface area contributed by atoms with Crippen LogP contribution < -0.4 is 0 Å². The van der Waals surface area contributed by atoms with Crippen LogP contribution in [0.4, 0.5) is 0 Å². The summed E-state index contributed by atoms with van der Waals surface area (Å²) in [5, 5.41) is 0. The molecule has 0 saturated carbocycles. The van der Waals surface area contributed by atoms with Crippen LogP contribution in [0, 0.1) is 0 Å². The van der Waals surface area contributed by atoms with Crippen LogP contribution in [-0.2, 0) is 28.6 Å². The van der Waals surface area contributed by atoms with Crippen molar-refractivity contribution in [3.05, 3.63) is 97.2 Å². The van der Waals surface area contributed by atoms with Gasteiger partial charge in [0.25, 0.3) is 0 Å². The van der Waals surface area contributed by atoms with Gasteiger partial charge < -0.3 is 14.2 Å². The van der Waals surface area contributed by atoms with Crippen LogP contribution in [0.5, 0.6) is 0 Å². The van der Waals surface area contributed by atoms with Gasteiger partial charge in [-0.3, -0.25) is 14.4 Å². The van der Waals surface area contributed by atoms with E-state index in [1.54, 1.807) is 0 Å². The molecule has 0 radical (unpaired) electrons. The molecule has 0 aromatic heterocycles. The smallest absolute Gasteiger partial charge is 0.306 e. The Morgan fingerprint density at radius 1 is 0.288 bits per heavy atom. The van der Waals surface area contributed by atoms with Crippen LogP contribution in [0.15, 0.2) is 97.2 Å². The van der Waals surface area contributed by atoms with Crippen molar-refractivity contribution in [2.75, 3.05) is 13.2 Å². The molecule has 0 fully saturated rings. The van der Waals surface area contributed by atoms with Crippen LogP contribution in [0.25, 0.3) is 0 Å². The molecule has 0 aromatic rings. The normalized spacial score (nSPS) is 12.8. The first-order valence-corrected chi connectivity index (χ1v) is 30.7. The molecular weight excluding hydrogens is 901 g/mol. The quantitative estimate of drug-likeness (QED) is 0.0261. The maximum absolute atomic E-state index is 12.9. The first kappa shape index (κ1) is 69.3. The van der Waals surface area contributed by atoms with Gasteiger partial charge in [-0.15, -0.1) is 0 Å². The molecule has 0 aliphatic heterocycles. The summed E-state index contributed by atoms with van der Waals surface area (Å²) in [7, 11) is 0. The minimum absolute atomic E-state index is 0.0892. The summed E-state index contributed by atoms with van der Waals surface area (Å²) in [5.74, 6) is -0.913. The summed E-state index contributed by atoms with van der Waals surface area (Å²) in [6.07, 6.45) is 81.1. The van der Waals surface area contributed by atoms with Gasteiger partial charge in [-0.1, -0.05) is 246 Å². The van der Waals surface area contributed by atoms with Crippen LogP contribution >= 0.6 is 0 Å². The number of hydrogen-bond donors (Lipinski definition) is 0. The lowest BCUT2D eigenvalue weighted by molar-refractivity contribution is -0.167. The average Bonchev–Trinajstić information content (AvgIpc) is 3.39.